The van der Waals surface area contributed by atoms with Crippen LogP contribution in [0.4, 0.5) is 10.5 Å². The average molecular weight is 436 g/mol. The van der Waals surface area contributed by atoms with Gasteiger partial charge >= 0.3 is 6.09 Å². The maximum atomic E-state index is 12.8. The number of rotatable bonds is 3. The lowest BCUT2D eigenvalue weighted by molar-refractivity contribution is 0.0636. The van der Waals surface area contributed by atoms with Crippen LogP contribution in [0.15, 0.2) is 55.8 Å². The van der Waals surface area contributed by atoms with E-state index in [2.05, 4.69) is 15.3 Å². The summed E-state index contributed by atoms with van der Waals surface area (Å²) in [5.41, 5.74) is -2.77. The van der Waals surface area contributed by atoms with Gasteiger partial charge in [-0.25, -0.2) is 4.79 Å². The number of nitrogens with zero attached hydrogens (tertiary/aromatic N) is 1. The van der Waals surface area contributed by atoms with Crippen LogP contribution < -0.4 is 27.3 Å². The molecular weight excluding hydrogens is 416 g/mol. The summed E-state index contributed by atoms with van der Waals surface area (Å²) in [6, 6.07) is 6.41. The molecule has 4 aromatic rings. The molecule has 2 aromatic heterocycles. The third-order valence-corrected chi connectivity index (χ3v) is 4.80. The molecule has 4 rings (SSSR count). The molecule has 2 aromatic carbocycles. The number of carbonyl (C=O) groups is 1. The molecule has 0 saturated heterocycles. The molecule has 10 heteroatoms. The molecule has 0 aliphatic heterocycles. The molecule has 0 unspecified atom stereocenters. The van der Waals surface area contributed by atoms with E-state index < -0.39 is 44.4 Å². The van der Waals surface area contributed by atoms with Crippen molar-refractivity contribution in [3.63, 3.8) is 0 Å². The highest BCUT2D eigenvalue weighted by Gasteiger charge is 2.22. The number of ether oxygens (including phenoxy) is 1. The summed E-state index contributed by atoms with van der Waals surface area (Å²) in [7, 11) is 0. The molecule has 1 amide bonds. The Morgan fingerprint density at radius 3 is 1.88 bits per heavy atom. The fourth-order valence-corrected chi connectivity index (χ4v) is 3.44. The lowest BCUT2D eigenvalue weighted by Crippen LogP contribution is -2.27. The Morgan fingerprint density at radius 1 is 0.906 bits per heavy atom. The molecule has 10 nitrogen and oxygen atoms in total. The van der Waals surface area contributed by atoms with E-state index in [1.807, 2.05) is 0 Å². The lowest BCUT2D eigenvalue weighted by atomic mass is 10.1. The SMILES string of the molecule is CC(C)(C)OC(=O)Nc1ccc(Cn2c(=O)c3c(=O)c4[nH]cc[nH]c4c(=O)c3c2=O)cc1. The predicted molar refractivity (Wildman–Crippen MR) is 120 cm³/mol. The zero-order valence-electron chi connectivity index (χ0n) is 17.6. The Balaban J connectivity index is 1.70. The maximum Gasteiger partial charge on any atom is 0.412 e. The van der Waals surface area contributed by atoms with Gasteiger partial charge in [-0.3, -0.25) is 29.1 Å². The number of H-pyrrole nitrogens is 2. The summed E-state index contributed by atoms with van der Waals surface area (Å²) >= 11 is 0. The van der Waals surface area contributed by atoms with Crippen LogP contribution in [-0.4, -0.2) is 26.2 Å². The van der Waals surface area contributed by atoms with E-state index in [0.29, 0.717) is 11.3 Å². The second kappa shape index (κ2) is 7.49. The van der Waals surface area contributed by atoms with E-state index in [4.69, 9.17) is 4.74 Å². The van der Waals surface area contributed by atoms with Crippen LogP contribution in [0, 0.1) is 0 Å². The zero-order valence-corrected chi connectivity index (χ0v) is 17.6. The highest BCUT2D eigenvalue weighted by Crippen LogP contribution is 2.13. The van der Waals surface area contributed by atoms with Crippen molar-refractivity contribution in [3.05, 3.63) is 83.4 Å². The molecule has 0 radical (unpaired) electrons. The van der Waals surface area contributed by atoms with E-state index in [9.17, 15) is 24.0 Å². The first kappa shape index (κ1) is 21.0. The Morgan fingerprint density at radius 2 is 1.41 bits per heavy atom. The number of hydrogen-bond acceptors (Lipinski definition) is 6. The molecule has 32 heavy (non-hydrogen) atoms. The first-order valence-electron chi connectivity index (χ1n) is 9.78. The normalized spacial score (nSPS) is 11.7. The van der Waals surface area contributed by atoms with Gasteiger partial charge in [-0.15, -0.1) is 0 Å². The lowest BCUT2D eigenvalue weighted by Gasteiger charge is -2.19. The predicted octanol–water partition coefficient (Wildman–Crippen LogP) is 1.72. The molecular formula is C22H20N4O6. The van der Waals surface area contributed by atoms with Crippen LogP contribution in [0.5, 0.6) is 0 Å². The largest absolute Gasteiger partial charge is 0.444 e. The Labute approximate surface area is 179 Å². The fraction of sp³-hybridized carbons (Fsp3) is 0.227. The molecule has 3 N–H and O–H groups in total. The van der Waals surface area contributed by atoms with E-state index in [1.54, 1.807) is 45.0 Å². The molecule has 164 valence electrons. The van der Waals surface area contributed by atoms with Gasteiger partial charge in [-0.2, -0.15) is 0 Å². The average Bonchev–Trinajstić information content (AvgIpc) is 2.97. The van der Waals surface area contributed by atoms with Crippen molar-refractivity contribution in [1.82, 2.24) is 14.5 Å². The summed E-state index contributed by atoms with van der Waals surface area (Å²) in [6.07, 6.45) is 2.22. The minimum atomic E-state index is -0.817. The van der Waals surface area contributed by atoms with Crippen molar-refractivity contribution in [3.8, 4) is 0 Å². The van der Waals surface area contributed by atoms with E-state index >= 15 is 0 Å². The first-order chi connectivity index (χ1) is 15.1. The molecule has 0 aliphatic rings. The monoisotopic (exact) mass is 436 g/mol. The number of nitrogens with one attached hydrogen (secondary N) is 3. The third kappa shape index (κ3) is 3.66. The Kier molecular flexibility index (Phi) is 4.92. The van der Waals surface area contributed by atoms with E-state index in [-0.39, 0.29) is 17.6 Å². The highest BCUT2D eigenvalue weighted by atomic mass is 16.6. The number of aromatic amines is 2. The minimum Gasteiger partial charge on any atom is -0.444 e. The Hall–Kier alpha value is -4.21. The van der Waals surface area contributed by atoms with Crippen molar-refractivity contribution in [2.75, 3.05) is 5.32 Å². The van der Waals surface area contributed by atoms with Crippen molar-refractivity contribution >= 4 is 33.6 Å². The second-order valence-electron chi connectivity index (χ2n) is 8.30. The molecule has 0 spiro atoms. The van der Waals surface area contributed by atoms with Crippen molar-refractivity contribution in [2.45, 2.75) is 32.9 Å². The van der Waals surface area contributed by atoms with Crippen LogP contribution in [0.3, 0.4) is 0 Å². The first-order valence-corrected chi connectivity index (χ1v) is 9.78. The van der Waals surface area contributed by atoms with Crippen LogP contribution in [0.1, 0.15) is 26.3 Å². The van der Waals surface area contributed by atoms with Crippen molar-refractivity contribution in [1.29, 1.82) is 0 Å². The van der Waals surface area contributed by atoms with E-state index in [0.717, 1.165) is 4.57 Å². The standard InChI is InChI=1S/C22H20N4O6/c1-22(2,3)32-21(31)25-12-6-4-11(5-7-12)10-26-19(29)13-14(20(26)30)18(28)16-15(17(13)27)23-8-9-24-16/h4-9,23-24H,10H2,1-3H3,(H,25,31). The van der Waals surface area contributed by atoms with Gasteiger partial charge < -0.3 is 14.7 Å². The number of amides is 1. The number of fused-ring (bicyclic) bond motifs is 2. The summed E-state index contributed by atoms with van der Waals surface area (Å²) in [6.45, 7) is 5.11. The molecule has 0 saturated carbocycles. The van der Waals surface area contributed by atoms with Gasteiger partial charge in [0.25, 0.3) is 11.1 Å². The van der Waals surface area contributed by atoms with Crippen LogP contribution >= 0.6 is 0 Å². The van der Waals surface area contributed by atoms with Gasteiger partial charge in [0.1, 0.15) is 27.4 Å². The van der Waals surface area contributed by atoms with Gasteiger partial charge in [-0.05, 0) is 38.5 Å². The molecule has 2 heterocycles. The van der Waals surface area contributed by atoms with Gasteiger partial charge in [0.05, 0.1) is 6.54 Å². The summed E-state index contributed by atoms with van der Waals surface area (Å²) in [5, 5.41) is 1.74. The second-order valence-corrected chi connectivity index (χ2v) is 8.30. The van der Waals surface area contributed by atoms with Crippen molar-refractivity contribution in [2.24, 2.45) is 0 Å². The van der Waals surface area contributed by atoms with Gasteiger partial charge in [-0.1, -0.05) is 12.1 Å². The van der Waals surface area contributed by atoms with Crippen LogP contribution in [0.25, 0.3) is 21.8 Å². The quantitative estimate of drug-likeness (QED) is 0.446. The van der Waals surface area contributed by atoms with Crippen molar-refractivity contribution < 1.29 is 9.53 Å². The summed E-state index contributed by atoms with van der Waals surface area (Å²) in [5.74, 6) is 0. The number of aromatic nitrogens is 3. The maximum absolute atomic E-state index is 12.8. The molecule has 0 bridgehead atoms. The third-order valence-electron chi connectivity index (χ3n) is 4.80. The highest BCUT2D eigenvalue weighted by molar-refractivity contribution is 5.94. The summed E-state index contributed by atoms with van der Waals surface area (Å²) < 4.78 is 6.05. The zero-order chi connectivity index (χ0) is 23.2. The molecule has 0 aliphatic carbocycles. The topological polar surface area (TPSA) is 143 Å². The number of benzene rings is 2. The number of carbonyl (C=O) groups excluding carboxylic acids is 1. The number of hydrogen-bond donors (Lipinski definition) is 3. The van der Waals surface area contributed by atoms with Gasteiger partial charge in [0.15, 0.2) is 0 Å². The Bertz CT molecular complexity index is 1490. The fourth-order valence-electron chi connectivity index (χ4n) is 3.44. The molecule has 0 fully saturated rings. The van der Waals surface area contributed by atoms with Crippen LogP contribution in [-0.2, 0) is 11.3 Å². The van der Waals surface area contributed by atoms with Crippen LogP contribution in [0.2, 0.25) is 0 Å². The minimum absolute atomic E-state index is 0.0585. The van der Waals surface area contributed by atoms with Gasteiger partial charge in [0, 0.05) is 18.1 Å². The van der Waals surface area contributed by atoms with E-state index in [1.165, 1.54) is 12.4 Å². The number of anilines is 1. The summed E-state index contributed by atoms with van der Waals surface area (Å²) in [4.78, 5) is 68.3. The molecule has 0 atom stereocenters. The smallest absolute Gasteiger partial charge is 0.412 e. The van der Waals surface area contributed by atoms with Gasteiger partial charge in [0.2, 0.25) is 10.9 Å².